The van der Waals surface area contributed by atoms with Gasteiger partial charge in [0.05, 0.1) is 13.1 Å². The lowest BCUT2D eigenvalue weighted by Gasteiger charge is -2.05. The Balaban J connectivity index is 2.30. The Morgan fingerprint density at radius 1 is 0.773 bits per heavy atom. The van der Waals surface area contributed by atoms with E-state index >= 15 is 0 Å². The van der Waals surface area contributed by atoms with Crippen LogP contribution in [0.4, 0.5) is 0 Å². The van der Waals surface area contributed by atoms with Crippen LogP contribution >= 0.6 is 0 Å². The number of imidazole rings is 1. The molecule has 1 heterocycles. The zero-order valence-electron chi connectivity index (χ0n) is 15.4. The van der Waals surface area contributed by atoms with Crippen LogP contribution < -0.4 is 4.57 Å². The molecular weight excluding hydrogens is 268 g/mol. The number of hydrogen-bond donors (Lipinski definition) is 0. The second-order valence-electron chi connectivity index (χ2n) is 6.63. The van der Waals surface area contributed by atoms with Crippen molar-refractivity contribution < 1.29 is 4.57 Å². The molecule has 0 saturated carbocycles. The van der Waals surface area contributed by atoms with E-state index < -0.39 is 0 Å². The highest BCUT2D eigenvalue weighted by atomic mass is 15.1. The normalized spacial score (nSPS) is 11.2. The summed E-state index contributed by atoms with van der Waals surface area (Å²) >= 11 is 0. The van der Waals surface area contributed by atoms with E-state index in [0.29, 0.717) is 0 Å². The molecule has 22 heavy (non-hydrogen) atoms. The summed E-state index contributed by atoms with van der Waals surface area (Å²) in [5.74, 6) is 1.55. The van der Waals surface area contributed by atoms with Gasteiger partial charge in [-0.1, -0.05) is 65.2 Å². The van der Waals surface area contributed by atoms with Crippen molar-refractivity contribution in [2.24, 2.45) is 0 Å². The summed E-state index contributed by atoms with van der Waals surface area (Å²) in [7, 11) is 0. The zero-order valence-corrected chi connectivity index (χ0v) is 15.4. The average Bonchev–Trinajstić information content (AvgIpc) is 2.93. The van der Waals surface area contributed by atoms with Crippen molar-refractivity contribution >= 4 is 0 Å². The Bertz CT molecular complexity index is 368. The van der Waals surface area contributed by atoms with Crippen LogP contribution in [0.1, 0.15) is 97.2 Å². The van der Waals surface area contributed by atoms with Crippen molar-refractivity contribution in [2.75, 3.05) is 0 Å². The molecule has 0 bridgehead atoms. The molecule has 0 unspecified atom stereocenters. The molecule has 0 aromatic carbocycles. The fourth-order valence-electron chi connectivity index (χ4n) is 3.23. The topological polar surface area (TPSA) is 8.81 Å². The van der Waals surface area contributed by atoms with Crippen LogP contribution in [0.3, 0.4) is 0 Å². The summed E-state index contributed by atoms with van der Waals surface area (Å²) in [6.07, 6.45) is 21.0. The van der Waals surface area contributed by atoms with E-state index in [9.17, 15) is 0 Å². The first-order valence-corrected chi connectivity index (χ1v) is 9.90. The van der Waals surface area contributed by atoms with Crippen LogP contribution in [-0.4, -0.2) is 4.57 Å². The van der Waals surface area contributed by atoms with Gasteiger partial charge in [-0.2, -0.15) is 0 Å². The van der Waals surface area contributed by atoms with Crippen LogP contribution in [0.2, 0.25) is 0 Å². The van der Waals surface area contributed by atoms with Crippen LogP contribution in [0.15, 0.2) is 12.4 Å². The summed E-state index contributed by atoms with van der Waals surface area (Å²) in [6, 6.07) is 0. The molecule has 1 aromatic heterocycles. The molecule has 0 fully saturated rings. The minimum atomic E-state index is 1.10. The second kappa shape index (κ2) is 12.7. The monoisotopic (exact) mass is 307 g/mol. The average molecular weight is 308 g/mol. The van der Waals surface area contributed by atoms with Crippen LogP contribution in [0.5, 0.6) is 0 Å². The highest BCUT2D eigenvalue weighted by Crippen LogP contribution is 2.09. The van der Waals surface area contributed by atoms with E-state index in [0.717, 1.165) is 6.54 Å². The van der Waals surface area contributed by atoms with Crippen molar-refractivity contribution in [3.8, 4) is 0 Å². The van der Waals surface area contributed by atoms with Gasteiger partial charge in [-0.15, -0.1) is 0 Å². The van der Waals surface area contributed by atoms with E-state index in [1.807, 2.05) is 0 Å². The van der Waals surface area contributed by atoms with Crippen molar-refractivity contribution in [3.05, 3.63) is 18.2 Å². The summed E-state index contributed by atoms with van der Waals surface area (Å²) in [5.41, 5.74) is 0. The maximum absolute atomic E-state index is 2.52. The maximum Gasteiger partial charge on any atom is 0.256 e. The molecule has 0 aliphatic carbocycles. The molecule has 128 valence electrons. The van der Waals surface area contributed by atoms with Gasteiger partial charge in [0, 0.05) is 6.42 Å². The summed E-state index contributed by atoms with van der Waals surface area (Å²) < 4.78 is 4.95. The number of hydrogen-bond acceptors (Lipinski definition) is 0. The van der Waals surface area contributed by atoms with E-state index in [1.54, 1.807) is 5.82 Å². The predicted octanol–water partition coefficient (Wildman–Crippen LogP) is 5.67. The Kier molecular flexibility index (Phi) is 11.1. The number of aryl methyl sites for hydroxylation is 2. The Hall–Kier alpha value is -0.790. The third kappa shape index (κ3) is 7.47. The molecule has 0 atom stereocenters. The molecule has 0 aliphatic heterocycles. The van der Waals surface area contributed by atoms with Gasteiger partial charge in [0.25, 0.3) is 5.82 Å². The van der Waals surface area contributed by atoms with Gasteiger partial charge >= 0.3 is 0 Å². The number of rotatable bonds is 14. The molecule has 0 aliphatic rings. The first kappa shape index (κ1) is 19.3. The Morgan fingerprint density at radius 2 is 1.36 bits per heavy atom. The fourth-order valence-corrected chi connectivity index (χ4v) is 3.23. The molecule has 1 aromatic rings. The minimum absolute atomic E-state index is 1.10. The van der Waals surface area contributed by atoms with Crippen molar-refractivity contribution in [2.45, 2.75) is 111 Å². The molecule has 2 nitrogen and oxygen atoms in total. The first-order valence-electron chi connectivity index (χ1n) is 9.90. The molecular formula is C20H39N2+. The van der Waals surface area contributed by atoms with Crippen molar-refractivity contribution in [1.29, 1.82) is 0 Å². The number of aromatic nitrogens is 2. The van der Waals surface area contributed by atoms with Gasteiger partial charge in [0.2, 0.25) is 0 Å². The van der Waals surface area contributed by atoms with Crippen LogP contribution in [0.25, 0.3) is 0 Å². The first-order chi connectivity index (χ1) is 10.8. The van der Waals surface area contributed by atoms with Gasteiger partial charge < -0.3 is 0 Å². The van der Waals surface area contributed by atoms with Gasteiger partial charge in [0.15, 0.2) is 0 Å². The Morgan fingerprint density at radius 3 is 2.00 bits per heavy atom. The highest BCUT2D eigenvalue weighted by Gasteiger charge is 2.14. The summed E-state index contributed by atoms with van der Waals surface area (Å²) in [4.78, 5) is 0. The van der Waals surface area contributed by atoms with E-state index in [4.69, 9.17) is 0 Å². The minimum Gasteiger partial charge on any atom is -0.235 e. The third-order valence-electron chi connectivity index (χ3n) is 4.69. The zero-order chi connectivity index (χ0) is 16.0. The fraction of sp³-hybridized carbons (Fsp3) is 0.850. The van der Waals surface area contributed by atoms with Gasteiger partial charge in [0.1, 0.15) is 12.4 Å². The molecule has 2 heteroatoms. The SMILES string of the molecule is CCCCCCCCC[n+]1ccn(CC)c1CCCCCC. The highest BCUT2D eigenvalue weighted by molar-refractivity contribution is 4.83. The van der Waals surface area contributed by atoms with E-state index in [-0.39, 0.29) is 0 Å². The van der Waals surface area contributed by atoms with Crippen molar-refractivity contribution in [1.82, 2.24) is 4.57 Å². The lowest BCUT2D eigenvalue weighted by Crippen LogP contribution is -2.37. The lowest BCUT2D eigenvalue weighted by molar-refractivity contribution is -0.704. The molecule has 1 rings (SSSR count). The standard InChI is InChI=1S/C20H39N2/c1-4-7-9-11-12-13-15-17-22-19-18-21(6-3)20(22)16-14-10-8-5-2/h18-19H,4-17H2,1-3H3/q+1. The van der Waals surface area contributed by atoms with Gasteiger partial charge in [-0.25, -0.2) is 9.13 Å². The lowest BCUT2D eigenvalue weighted by atomic mass is 10.1. The molecule has 0 spiro atoms. The molecule has 0 amide bonds. The molecule has 0 saturated heterocycles. The smallest absolute Gasteiger partial charge is 0.235 e. The third-order valence-corrected chi connectivity index (χ3v) is 4.69. The largest absolute Gasteiger partial charge is 0.256 e. The van der Waals surface area contributed by atoms with Crippen LogP contribution in [-0.2, 0) is 19.5 Å². The molecule has 0 radical (unpaired) electrons. The Labute approximate surface area is 138 Å². The molecule has 0 N–H and O–H groups in total. The van der Waals surface area contributed by atoms with Gasteiger partial charge in [-0.3, -0.25) is 0 Å². The maximum atomic E-state index is 2.52. The number of nitrogens with zero attached hydrogens (tertiary/aromatic N) is 2. The van der Waals surface area contributed by atoms with Crippen molar-refractivity contribution in [3.63, 3.8) is 0 Å². The predicted molar refractivity (Wildman–Crippen MR) is 96.1 cm³/mol. The second-order valence-corrected chi connectivity index (χ2v) is 6.63. The quantitative estimate of drug-likeness (QED) is 0.309. The summed E-state index contributed by atoms with van der Waals surface area (Å²) in [5, 5.41) is 0. The number of unbranched alkanes of at least 4 members (excludes halogenated alkanes) is 9. The van der Waals surface area contributed by atoms with Crippen LogP contribution in [0, 0.1) is 0 Å². The van der Waals surface area contributed by atoms with Gasteiger partial charge in [-0.05, 0) is 26.2 Å². The van der Waals surface area contributed by atoms with E-state index in [1.165, 1.54) is 83.6 Å². The summed E-state index contributed by atoms with van der Waals surface area (Å²) in [6.45, 7) is 9.15. The van der Waals surface area contributed by atoms with E-state index in [2.05, 4.69) is 42.3 Å².